The van der Waals surface area contributed by atoms with E-state index in [9.17, 15) is 17.6 Å². The second-order valence-corrected chi connectivity index (χ2v) is 7.53. The molecule has 0 aliphatic rings. The van der Waals surface area contributed by atoms with Crippen LogP contribution in [0, 0.1) is 5.82 Å². The zero-order valence-electron chi connectivity index (χ0n) is 13.5. The van der Waals surface area contributed by atoms with Gasteiger partial charge in [0.2, 0.25) is 10.0 Å². The maximum atomic E-state index is 13.1. The van der Waals surface area contributed by atoms with Gasteiger partial charge in [0, 0.05) is 11.6 Å². The van der Waals surface area contributed by atoms with E-state index in [1.165, 1.54) is 0 Å². The molecule has 0 saturated heterocycles. The molecular weight excluding hydrogens is 369 g/mol. The number of benzene rings is 2. The van der Waals surface area contributed by atoms with Crippen LogP contribution in [0.2, 0.25) is 5.02 Å². The minimum Gasteiger partial charge on any atom is -0.465 e. The highest BCUT2D eigenvalue weighted by Gasteiger charge is 2.27. The lowest BCUT2D eigenvalue weighted by atomic mass is 10.2. The summed E-state index contributed by atoms with van der Waals surface area (Å²) in [4.78, 5) is 11.7. The molecule has 0 radical (unpaired) electrons. The van der Waals surface area contributed by atoms with Crippen molar-refractivity contribution >= 4 is 27.6 Å². The number of nitrogens with zero attached hydrogens (tertiary/aromatic N) is 1. The van der Waals surface area contributed by atoms with Gasteiger partial charge in [0.05, 0.1) is 11.5 Å². The monoisotopic (exact) mass is 385 g/mol. The first kappa shape index (κ1) is 19.4. The van der Waals surface area contributed by atoms with Gasteiger partial charge in [-0.2, -0.15) is 4.31 Å². The van der Waals surface area contributed by atoms with Crippen molar-refractivity contribution in [2.24, 2.45) is 0 Å². The second kappa shape index (κ2) is 8.42. The lowest BCUT2D eigenvalue weighted by Crippen LogP contribution is -2.36. The van der Waals surface area contributed by atoms with Crippen LogP contribution in [-0.4, -0.2) is 31.8 Å². The number of carbonyl (C=O) groups excluding carboxylic acids is 1. The summed E-state index contributed by atoms with van der Waals surface area (Å²) in [6, 6.07) is 11.0. The Hall–Kier alpha value is -1.96. The molecule has 0 unspecified atom stereocenters. The number of sulfonamides is 1. The van der Waals surface area contributed by atoms with E-state index in [-0.39, 0.29) is 18.0 Å². The Morgan fingerprint density at radius 3 is 2.28 bits per heavy atom. The van der Waals surface area contributed by atoms with Crippen molar-refractivity contribution in [2.75, 3.05) is 13.2 Å². The van der Waals surface area contributed by atoms with Gasteiger partial charge in [-0.1, -0.05) is 23.7 Å². The smallest absolute Gasteiger partial charge is 0.321 e. The molecule has 0 fully saturated rings. The van der Waals surface area contributed by atoms with Crippen molar-refractivity contribution in [1.29, 1.82) is 0 Å². The van der Waals surface area contributed by atoms with Crippen LogP contribution in [0.25, 0.3) is 0 Å². The normalized spacial score (nSPS) is 11.5. The second-order valence-electron chi connectivity index (χ2n) is 5.16. The lowest BCUT2D eigenvalue weighted by molar-refractivity contribution is -0.143. The van der Waals surface area contributed by atoms with Crippen molar-refractivity contribution in [3.8, 4) is 0 Å². The topological polar surface area (TPSA) is 63.7 Å². The lowest BCUT2D eigenvalue weighted by Gasteiger charge is -2.21. The highest BCUT2D eigenvalue weighted by atomic mass is 35.5. The van der Waals surface area contributed by atoms with Crippen LogP contribution in [0.5, 0.6) is 0 Å². The summed E-state index contributed by atoms with van der Waals surface area (Å²) in [5.74, 6) is -1.21. The molecule has 5 nitrogen and oxygen atoms in total. The first-order chi connectivity index (χ1) is 11.8. The van der Waals surface area contributed by atoms with Gasteiger partial charge in [0.15, 0.2) is 0 Å². The van der Waals surface area contributed by atoms with Crippen molar-refractivity contribution in [3.05, 3.63) is 64.9 Å². The van der Waals surface area contributed by atoms with E-state index in [2.05, 4.69) is 0 Å². The Morgan fingerprint density at radius 1 is 1.12 bits per heavy atom. The summed E-state index contributed by atoms with van der Waals surface area (Å²) in [5, 5.41) is 0.516. The zero-order chi connectivity index (χ0) is 18.4. The largest absolute Gasteiger partial charge is 0.465 e. The van der Waals surface area contributed by atoms with Gasteiger partial charge >= 0.3 is 5.97 Å². The quantitative estimate of drug-likeness (QED) is 0.686. The SMILES string of the molecule is CCOC(=O)CN(Cc1ccc(Cl)cc1)S(=O)(=O)c1ccc(F)cc1. The Bertz CT molecular complexity index is 823. The van der Waals surface area contributed by atoms with Crippen LogP contribution >= 0.6 is 11.6 Å². The molecule has 0 amide bonds. The molecule has 0 heterocycles. The van der Waals surface area contributed by atoms with E-state index in [4.69, 9.17) is 16.3 Å². The average Bonchev–Trinajstić information content (AvgIpc) is 2.57. The number of hydrogen-bond donors (Lipinski definition) is 0. The highest BCUT2D eigenvalue weighted by Crippen LogP contribution is 2.20. The number of rotatable bonds is 7. The molecule has 2 rings (SSSR count). The third-order valence-corrected chi connectivity index (χ3v) is 5.39. The van der Waals surface area contributed by atoms with Crippen LogP contribution in [-0.2, 0) is 26.1 Å². The van der Waals surface area contributed by atoms with Gasteiger partial charge in [0.1, 0.15) is 12.4 Å². The first-order valence-electron chi connectivity index (χ1n) is 7.48. The molecule has 2 aromatic carbocycles. The Morgan fingerprint density at radius 2 is 1.72 bits per heavy atom. The Kier molecular flexibility index (Phi) is 6.52. The van der Waals surface area contributed by atoms with E-state index in [1.807, 2.05) is 0 Å². The van der Waals surface area contributed by atoms with Gasteiger partial charge in [-0.25, -0.2) is 12.8 Å². The van der Waals surface area contributed by atoms with Crippen LogP contribution < -0.4 is 0 Å². The Labute approximate surface area is 151 Å². The molecule has 8 heteroatoms. The third kappa shape index (κ3) is 5.26. The number of carbonyl (C=O) groups is 1. The molecule has 0 aliphatic heterocycles. The highest BCUT2D eigenvalue weighted by molar-refractivity contribution is 7.89. The van der Waals surface area contributed by atoms with E-state index in [0.717, 1.165) is 28.6 Å². The van der Waals surface area contributed by atoms with Crippen molar-refractivity contribution in [1.82, 2.24) is 4.31 Å². The fourth-order valence-electron chi connectivity index (χ4n) is 2.13. The van der Waals surface area contributed by atoms with Crippen LogP contribution in [0.3, 0.4) is 0 Å². The molecule has 0 aromatic heterocycles. The van der Waals surface area contributed by atoms with Gasteiger partial charge < -0.3 is 4.74 Å². The molecular formula is C17H17ClFNO4S. The van der Waals surface area contributed by atoms with Gasteiger partial charge in [0.25, 0.3) is 0 Å². The van der Waals surface area contributed by atoms with Gasteiger partial charge in [-0.3, -0.25) is 4.79 Å². The fourth-order valence-corrected chi connectivity index (χ4v) is 3.62. The van der Waals surface area contributed by atoms with Crippen molar-refractivity contribution < 1.29 is 22.3 Å². The molecule has 25 heavy (non-hydrogen) atoms. The molecule has 0 aliphatic carbocycles. The van der Waals surface area contributed by atoms with Crippen LogP contribution in [0.4, 0.5) is 4.39 Å². The zero-order valence-corrected chi connectivity index (χ0v) is 15.1. The third-order valence-electron chi connectivity index (χ3n) is 3.33. The predicted octanol–water partition coefficient (Wildman–Crippen LogP) is 3.23. The fraction of sp³-hybridized carbons (Fsp3) is 0.235. The van der Waals surface area contributed by atoms with Crippen molar-refractivity contribution in [3.63, 3.8) is 0 Å². The molecule has 0 N–H and O–H groups in total. The summed E-state index contributed by atoms with van der Waals surface area (Å²) < 4.78 is 44.6. The van der Waals surface area contributed by atoms with Crippen LogP contribution in [0.15, 0.2) is 53.4 Å². The van der Waals surface area contributed by atoms with Crippen molar-refractivity contribution in [2.45, 2.75) is 18.4 Å². The maximum absolute atomic E-state index is 13.1. The minimum absolute atomic E-state index is 0.0459. The number of hydrogen-bond acceptors (Lipinski definition) is 4. The molecule has 0 spiro atoms. The Balaban J connectivity index is 2.33. The first-order valence-corrected chi connectivity index (χ1v) is 9.30. The van der Waals surface area contributed by atoms with Gasteiger partial charge in [-0.15, -0.1) is 0 Å². The minimum atomic E-state index is -4.01. The summed E-state index contributed by atoms with van der Waals surface area (Å²) >= 11 is 5.83. The molecule has 134 valence electrons. The molecule has 0 saturated carbocycles. The summed E-state index contributed by atoms with van der Waals surface area (Å²) in [6.07, 6.45) is 0. The van der Waals surface area contributed by atoms with E-state index in [0.29, 0.717) is 10.6 Å². The van der Waals surface area contributed by atoms with Crippen LogP contribution in [0.1, 0.15) is 12.5 Å². The molecule has 2 aromatic rings. The standard InChI is InChI=1S/C17H17ClFNO4S/c1-2-24-17(21)12-20(11-13-3-5-14(18)6-4-13)25(22,23)16-9-7-15(19)8-10-16/h3-10H,2,11-12H2,1H3. The maximum Gasteiger partial charge on any atom is 0.321 e. The van der Waals surface area contributed by atoms with E-state index >= 15 is 0 Å². The summed E-state index contributed by atoms with van der Waals surface area (Å²) in [6.45, 7) is 1.28. The molecule has 0 bridgehead atoms. The molecule has 0 atom stereocenters. The summed E-state index contributed by atoms with van der Waals surface area (Å²) in [5.41, 5.74) is 0.652. The van der Waals surface area contributed by atoms with Gasteiger partial charge in [-0.05, 0) is 48.9 Å². The number of esters is 1. The number of halogens is 2. The predicted molar refractivity (Wildman–Crippen MR) is 92.1 cm³/mol. The van der Waals surface area contributed by atoms with E-state index in [1.54, 1.807) is 31.2 Å². The van der Waals surface area contributed by atoms with E-state index < -0.39 is 28.4 Å². The average molecular weight is 386 g/mol. The summed E-state index contributed by atoms with van der Waals surface area (Å²) in [7, 11) is -4.01. The number of ether oxygens (including phenoxy) is 1.